The molecule has 0 bridgehead atoms. The Balaban J connectivity index is 1.52. The third kappa shape index (κ3) is 4.63. The zero-order chi connectivity index (χ0) is 15.9. The molecule has 1 aromatic carbocycles. The fourth-order valence-corrected chi connectivity index (χ4v) is 2.76. The Morgan fingerprint density at radius 3 is 2.61 bits per heavy atom. The molecule has 4 heteroatoms. The van der Waals surface area contributed by atoms with E-state index in [2.05, 4.69) is 22.4 Å². The monoisotopic (exact) mass is 310 g/mol. The van der Waals surface area contributed by atoms with Gasteiger partial charge in [0, 0.05) is 38.1 Å². The second kappa shape index (κ2) is 7.88. The van der Waals surface area contributed by atoms with Gasteiger partial charge in [-0.1, -0.05) is 30.3 Å². The number of amides is 1. The lowest BCUT2D eigenvalue weighted by molar-refractivity contribution is 0.0642. The van der Waals surface area contributed by atoms with E-state index in [9.17, 15) is 4.79 Å². The molecule has 4 nitrogen and oxygen atoms in total. The van der Waals surface area contributed by atoms with Gasteiger partial charge in [-0.3, -0.25) is 9.78 Å². The first-order chi connectivity index (χ1) is 11.3. The Kier molecular flexibility index (Phi) is 5.37. The fraction of sp³-hybridized carbons (Fsp3) is 0.368. The molecular weight excluding hydrogens is 288 g/mol. The van der Waals surface area contributed by atoms with Gasteiger partial charge < -0.3 is 10.1 Å². The lowest BCUT2D eigenvalue weighted by atomic mass is 10.0. The molecule has 0 atom stereocenters. The highest BCUT2D eigenvalue weighted by molar-refractivity contribution is 5.93. The fourth-order valence-electron chi connectivity index (χ4n) is 2.76. The molecule has 1 aliphatic heterocycles. The summed E-state index contributed by atoms with van der Waals surface area (Å²) >= 11 is 0. The van der Waals surface area contributed by atoms with Crippen LogP contribution < -0.4 is 5.32 Å². The largest absolute Gasteiger partial charge is 0.381 e. The lowest BCUT2D eigenvalue weighted by Crippen LogP contribution is -2.32. The van der Waals surface area contributed by atoms with E-state index in [0.29, 0.717) is 18.0 Å². The number of ether oxygens (including phenoxy) is 1. The van der Waals surface area contributed by atoms with Crippen LogP contribution in [-0.2, 0) is 11.2 Å². The first-order valence-electron chi connectivity index (χ1n) is 8.16. The van der Waals surface area contributed by atoms with Crippen molar-refractivity contribution < 1.29 is 9.53 Å². The highest BCUT2D eigenvalue weighted by Gasteiger charge is 2.15. The minimum absolute atomic E-state index is 0.0461. The molecule has 2 heterocycles. The summed E-state index contributed by atoms with van der Waals surface area (Å²) in [5.41, 5.74) is 2.81. The van der Waals surface area contributed by atoms with Crippen LogP contribution >= 0.6 is 0 Å². The van der Waals surface area contributed by atoms with Crippen molar-refractivity contribution in [3.05, 3.63) is 65.5 Å². The summed E-state index contributed by atoms with van der Waals surface area (Å²) in [5.74, 6) is 0.480. The summed E-state index contributed by atoms with van der Waals surface area (Å²) in [7, 11) is 0. The number of nitrogens with one attached hydrogen (secondary N) is 1. The number of hydrogen-bond acceptors (Lipinski definition) is 3. The molecule has 0 spiro atoms. The molecule has 0 radical (unpaired) electrons. The van der Waals surface area contributed by atoms with Gasteiger partial charge >= 0.3 is 0 Å². The Labute approximate surface area is 136 Å². The summed E-state index contributed by atoms with van der Waals surface area (Å²) in [5, 5.41) is 3.00. The van der Waals surface area contributed by atoms with Crippen molar-refractivity contribution in [2.24, 2.45) is 5.92 Å². The number of carbonyl (C=O) groups excluding carboxylic acids is 1. The number of nitrogens with zero attached hydrogens (tertiary/aromatic N) is 1. The Bertz CT molecular complexity index is 620. The average molecular weight is 310 g/mol. The maximum atomic E-state index is 12.2. The van der Waals surface area contributed by atoms with Crippen LogP contribution in [0.4, 0.5) is 0 Å². The van der Waals surface area contributed by atoms with Crippen molar-refractivity contribution in [1.82, 2.24) is 10.3 Å². The van der Waals surface area contributed by atoms with Gasteiger partial charge in [0.25, 0.3) is 5.91 Å². The van der Waals surface area contributed by atoms with Gasteiger partial charge in [-0.2, -0.15) is 0 Å². The Hall–Kier alpha value is -2.20. The molecule has 1 fully saturated rings. The number of carbonyl (C=O) groups is 1. The van der Waals surface area contributed by atoms with E-state index in [1.807, 2.05) is 30.3 Å². The summed E-state index contributed by atoms with van der Waals surface area (Å²) in [6.45, 7) is 2.32. The Morgan fingerprint density at radius 2 is 1.91 bits per heavy atom. The SMILES string of the molecule is O=C(NCC1CCOCC1)c1ccc(Cc2ccccc2)nc1. The van der Waals surface area contributed by atoms with E-state index in [-0.39, 0.29) is 5.91 Å². The van der Waals surface area contributed by atoms with Crippen LogP contribution in [0.15, 0.2) is 48.7 Å². The van der Waals surface area contributed by atoms with E-state index >= 15 is 0 Å². The average Bonchev–Trinajstić information content (AvgIpc) is 2.62. The van der Waals surface area contributed by atoms with Crippen molar-refractivity contribution >= 4 is 5.91 Å². The molecule has 2 aromatic rings. The van der Waals surface area contributed by atoms with Crippen molar-refractivity contribution in [3.63, 3.8) is 0 Å². The molecule has 1 aliphatic rings. The van der Waals surface area contributed by atoms with E-state index in [1.165, 1.54) is 5.56 Å². The second-order valence-electron chi connectivity index (χ2n) is 5.97. The zero-order valence-electron chi connectivity index (χ0n) is 13.2. The van der Waals surface area contributed by atoms with Crippen molar-refractivity contribution in [3.8, 4) is 0 Å². The minimum Gasteiger partial charge on any atom is -0.381 e. The van der Waals surface area contributed by atoms with Gasteiger partial charge in [-0.25, -0.2) is 0 Å². The topological polar surface area (TPSA) is 51.2 Å². The first-order valence-corrected chi connectivity index (χ1v) is 8.16. The summed E-state index contributed by atoms with van der Waals surface area (Å²) in [4.78, 5) is 16.6. The van der Waals surface area contributed by atoms with Gasteiger partial charge in [-0.15, -0.1) is 0 Å². The van der Waals surface area contributed by atoms with Crippen LogP contribution in [0, 0.1) is 5.92 Å². The molecule has 1 aromatic heterocycles. The number of benzene rings is 1. The van der Waals surface area contributed by atoms with Gasteiger partial charge in [0.1, 0.15) is 0 Å². The van der Waals surface area contributed by atoms with Crippen molar-refractivity contribution in [2.75, 3.05) is 19.8 Å². The number of rotatable bonds is 5. The quantitative estimate of drug-likeness (QED) is 0.924. The smallest absolute Gasteiger partial charge is 0.252 e. The summed E-state index contributed by atoms with van der Waals surface area (Å²) in [6, 6.07) is 14.0. The highest BCUT2D eigenvalue weighted by Crippen LogP contribution is 2.13. The van der Waals surface area contributed by atoms with Gasteiger partial charge in [-0.05, 0) is 36.5 Å². The summed E-state index contributed by atoms with van der Waals surface area (Å²) < 4.78 is 5.33. The van der Waals surface area contributed by atoms with E-state index in [1.54, 1.807) is 6.20 Å². The number of hydrogen-bond donors (Lipinski definition) is 1. The van der Waals surface area contributed by atoms with Gasteiger partial charge in [0.2, 0.25) is 0 Å². The number of aromatic nitrogens is 1. The number of pyridine rings is 1. The minimum atomic E-state index is -0.0461. The molecule has 1 N–H and O–H groups in total. The van der Waals surface area contributed by atoms with E-state index < -0.39 is 0 Å². The maximum Gasteiger partial charge on any atom is 0.252 e. The van der Waals surface area contributed by atoms with Crippen LogP contribution in [0.5, 0.6) is 0 Å². The van der Waals surface area contributed by atoms with Crippen LogP contribution in [-0.4, -0.2) is 30.6 Å². The molecule has 3 rings (SSSR count). The second-order valence-corrected chi connectivity index (χ2v) is 5.97. The molecule has 0 saturated carbocycles. The predicted molar refractivity (Wildman–Crippen MR) is 89.4 cm³/mol. The lowest BCUT2D eigenvalue weighted by Gasteiger charge is -2.22. The molecular formula is C19H22N2O2. The third-order valence-electron chi connectivity index (χ3n) is 4.21. The predicted octanol–water partition coefficient (Wildman–Crippen LogP) is 2.83. The molecule has 1 saturated heterocycles. The van der Waals surface area contributed by atoms with Crippen LogP contribution in [0.1, 0.15) is 34.5 Å². The van der Waals surface area contributed by atoms with E-state index in [4.69, 9.17) is 4.74 Å². The van der Waals surface area contributed by atoms with E-state index in [0.717, 1.165) is 38.2 Å². The van der Waals surface area contributed by atoms with Crippen molar-refractivity contribution in [1.29, 1.82) is 0 Å². The van der Waals surface area contributed by atoms with Crippen molar-refractivity contribution in [2.45, 2.75) is 19.3 Å². The highest BCUT2D eigenvalue weighted by atomic mass is 16.5. The van der Waals surface area contributed by atoms with Gasteiger partial charge in [0.05, 0.1) is 5.56 Å². The Morgan fingerprint density at radius 1 is 1.13 bits per heavy atom. The molecule has 0 unspecified atom stereocenters. The van der Waals surface area contributed by atoms with Gasteiger partial charge in [0.15, 0.2) is 0 Å². The summed E-state index contributed by atoms with van der Waals surface area (Å²) in [6.07, 6.45) is 4.49. The van der Waals surface area contributed by atoms with Crippen LogP contribution in [0.2, 0.25) is 0 Å². The molecule has 23 heavy (non-hydrogen) atoms. The normalized spacial score (nSPS) is 15.3. The zero-order valence-corrected chi connectivity index (χ0v) is 13.2. The molecule has 120 valence electrons. The first kappa shape index (κ1) is 15.7. The molecule has 0 aliphatic carbocycles. The van der Waals surface area contributed by atoms with Crippen LogP contribution in [0.3, 0.4) is 0 Å². The van der Waals surface area contributed by atoms with Crippen LogP contribution in [0.25, 0.3) is 0 Å². The standard InChI is InChI=1S/C19H22N2O2/c22-19(21-13-16-8-10-23-11-9-16)17-6-7-18(20-14-17)12-15-4-2-1-3-5-15/h1-7,14,16H,8-13H2,(H,21,22). The maximum absolute atomic E-state index is 12.2. The molecule has 1 amide bonds. The third-order valence-corrected chi connectivity index (χ3v) is 4.21.